The molecule has 1 aliphatic rings. The summed E-state index contributed by atoms with van der Waals surface area (Å²) in [6.45, 7) is -0.495. The Hall–Kier alpha value is -0.280. The molecule has 1 heterocycles. The van der Waals surface area contributed by atoms with Gasteiger partial charge in [0.15, 0.2) is 0 Å². The van der Waals surface area contributed by atoms with E-state index in [2.05, 4.69) is 4.84 Å². The Labute approximate surface area is 74.3 Å². The smallest absolute Gasteiger partial charge is 0.206 e. The van der Waals surface area contributed by atoms with Gasteiger partial charge in [-0.1, -0.05) is 0 Å². The van der Waals surface area contributed by atoms with E-state index in [1.807, 2.05) is 0 Å². The minimum absolute atomic E-state index is 0.495. The highest BCUT2D eigenvalue weighted by Crippen LogP contribution is 2.20. The van der Waals surface area contributed by atoms with Gasteiger partial charge in [-0.3, -0.25) is 4.84 Å². The van der Waals surface area contributed by atoms with Crippen molar-refractivity contribution in [3.8, 4) is 0 Å². The number of hydrogen-bond donors (Lipinski definition) is 5. The maximum absolute atomic E-state index is 9.23. The number of aliphatic hydroxyl groups is 4. The van der Waals surface area contributed by atoms with Gasteiger partial charge >= 0.3 is 0 Å². The predicted molar refractivity (Wildman–Crippen MR) is 39.0 cm³/mol. The molecule has 13 heavy (non-hydrogen) atoms. The minimum Gasteiger partial charge on any atom is -0.394 e. The van der Waals surface area contributed by atoms with Gasteiger partial charge in [0.05, 0.1) is 6.61 Å². The topological polar surface area (TPSA) is 125 Å². The maximum Gasteiger partial charge on any atom is 0.206 e. The molecule has 7 nitrogen and oxygen atoms in total. The van der Waals surface area contributed by atoms with Gasteiger partial charge in [-0.2, -0.15) is 0 Å². The third kappa shape index (κ3) is 1.97. The van der Waals surface area contributed by atoms with E-state index in [1.54, 1.807) is 0 Å². The molecule has 0 amide bonds. The van der Waals surface area contributed by atoms with Crippen molar-refractivity contribution in [1.29, 1.82) is 0 Å². The van der Waals surface area contributed by atoms with Crippen molar-refractivity contribution in [1.82, 2.24) is 0 Å². The van der Waals surface area contributed by atoms with Gasteiger partial charge in [-0.15, -0.1) is 0 Å². The van der Waals surface area contributed by atoms with E-state index in [4.69, 9.17) is 15.7 Å². The van der Waals surface area contributed by atoms with Crippen LogP contribution in [0.4, 0.5) is 0 Å². The zero-order valence-electron chi connectivity index (χ0n) is 6.78. The second-order valence-corrected chi connectivity index (χ2v) is 2.83. The average Bonchev–Trinajstić information content (AvgIpc) is 2.15. The molecule has 1 aliphatic heterocycles. The lowest BCUT2D eigenvalue weighted by atomic mass is 9.99. The van der Waals surface area contributed by atoms with E-state index in [9.17, 15) is 15.3 Å². The highest BCUT2D eigenvalue weighted by molar-refractivity contribution is 4.88. The van der Waals surface area contributed by atoms with Crippen molar-refractivity contribution in [3.63, 3.8) is 0 Å². The second kappa shape index (κ2) is 4.29. The molecule has 0 aromatic heterocycles. The summed E-state index contributed by atoms with van der Waals surface area (Å²) in [7, 11) is 0. The average molecular weight is 195 g/mol. The molecule has 1 rings (SSSR count). The number of ether oxygens (including phenoxy) is 1. The zero-order chi connectivity index (χ0) is 10.0. The fourth-order valence-corrected chi connectivity index (χ4v) is 1.18. The van der Waals surface area contributed by atoms with Crippen LogP contribution in [0.1, 0.15) is 0 Å². The van der Waals surface area contributed by atoms with Crippen LogP contribution >= 0.6 is 0 Å². The van der Waals surface area contributed by atoms with E-state index < -0.39 is 37.3 Å². The first-order chi connectivity index (χ1) is 6.11. The largest absolute Gasteiger partial charge is 0.394 e. The van der Waals surface area contributed by atoms with Crippen LogP contribution < -0.4 is 5.90 Å². The van der Waals surface area contributed by atoms with Crippen LogP contribution in [0, 0.1) is 0 Å². The lowest BCUT2D eigenvalue weighted by Gasteiger charge is -2.38. The lowest BCUT2D eigenvalue weighted by molar-refractivity contribution is -0.302. The molecule has 0 spiro atoms. The Morgan fingerprint density at radius 2 is 1.77 bits per heavy atom. The van der Waals surface area contributed by atoms with Crippen molar-refractivity contribution in [3.05, 3.63) is 0 Å². The molecule has 0 aliphatic carbocycles. The van der Waals surface area contributed by atoms with E-state index in [1.165, 1.54) is 0 Å². The molecule has 1 saturated heterocycles. The molecule has 6 N–H and O–H groups in total. The first kappa shape index (κ1) is 10.8. The fourth-order valence-electron chi connectivity index (χ4n) is 1.18. The number of hydrogen-bond acceptors (Lipinski definition) is 7. The first-order valence-electron chi connectivity index (χ1n) is 3.78. The van der Waals surface area contributed by atoms with E-state index >= 15 is 0 Å². The summed E-state index contributed by atoms with van der Waals surface area (Å²) in [6, 6.07) is 0. The molecule has 78 valence electrons. The molecule has 3 unspecified atom stereocenters. The summed E-state index contributed by atoms with van der Waals surface area (Å²) >= 11 is 0. The Morgan fingerprint density at radius 1 is 1.15 bits per heavy atom. The number of nitrogens with two attached hydrogens (primary N) is 1. The summed E-state index contributed by atoms with van der Waals surface area (Å²) in [4.78, 5) is 4.20. The molecule has 0 radical (unpaired) electrons. The van der Waals surface area contributed by atoms with Gasteiger partial charge in [0.1, 0.15) is 24.4 Å². The van der Waals surface area contributed by atoms with Gasteiger partial charge in [0.25, 0.3) is 0 Å². The molecule has 0 aromatic carbocycles. The lowest BCUT2D eigenvalue weighted by Crippen LogP contribution is -2.59. The molecule has 1 fully saturated rings. The standard InChI is InChI=1S/C6H13NO6/c7-13-6-5(11)4(10)3(9)2(1-8)12-6/h2-6,8-11H,1,7H2/t2?,3?,4-,5?,6-/m0/s1. The normalized spacial score (nSPS) is 46.4. The Morgan fingerprint density at radius 3 is 2.23 bits per heavy atom. The van der Waals surface area contributed by atoms with Crippen LogP contribution in [0.3, 0.4) is 0 Å². The predicted octanol–water partition coefficient (Wildman–Crippen LogP) is -3.32. The summed E-state index contributed by atoms with van der Waals surface area (Å²) in [5.41, 5.74) is 0. The summed E-state index contributed by atoms with van der Waals surface area (Å²) in [5, 5.41) is 36.4. The number of aliphatic hydroxyl groups excluding tert-OH is 4. The van der Waals surface area contributed by atoms with Crippen molar-refractivity contribution < 1.29 is 30.0 Å². The van der Waals surface area contributed by atoms with Crippen LogP contribution in [0.15, 0.2) is 0 Å². The Balaban J connectivity index is 2.66. The van der Waals surface area contributed by atoms with E-state index in [0.29, 0.717) is 0 Å². The molecule has 5 atom stereocenters. The Bertz CT molecular complexity index is 147. The van der Waals surface area contributed by atoms with Crippen molar-refractivity contribution in [2.75, 3.05) is 6.61 Å². The van der Waals surface area contributed by atoms with Crippen LogP contribution in [-0.4, -0.2) is 57.7 Å². The van der Waals surface area contributed by atoms with Gasteiger partial charge < -0.3 is 25.2 Å². The quantitative estimate of drug-likeness (QED) is 0.292. The van der Waals surface area contributed by atoms with Crippen molar-refractivity contribution in [2.45, 2.75) is 30.7 Å². The highest BCUT2D eigenvalue weighted by atomic mass is 16.8. The highest BCUT2D eigenvalue weighted by Gasteiger charge is 2.43. The maximum atomic E-state index is 9.23. The third-order valence-corrected chi connectivity index (χ3v) is 1.98. The van der Waals surface area contributed by atoms with Gasteiger partial charge in [-0.25, -0.2) is 5.90 Å². The molecule has 0 aromatic rings. The molecular weight excluding hydrogens is 182 g/mol. The monoisotopic (exact) mass is 195 g/mol. The van der Waals surface area contributed by atoms with Crippen LogP contribution in [0.25, 0.3) is 0 Å². The Kier molecular flexibility index (Phi) is 3.56. The van der Waals surface area contributed by atoms with Crippen molar-refractivity contribution in [2.24, 2.45) is 5.90 Å². The van der Waals surface area contributed by atoms with Gasteiger partial charge in [0, 0.05) is 0 Å². The molecule has 0 saturated carbocycles. The SMILES string of the molecule is NO[C@@H]1OC(CO)C(O)[C@H](O)C1O. The first-order valence-corrected chi connectivity index (χ1v) is 3.78. The van der Waals surface area contributed by atoms with Gasteiger partial charge in [0.2, 0.25) is 6.29 Å². The van der Waals surface area contributed by atoms with Crippen LogP contribution in [0.2, 0.25) is 0 Å². The third-order valence-electron chi connectivity index (χ3n) is 1.98. The molecular formula is C6H13NO6. The molecule has 0 bridgehead atoms. The van der Waals surface area contributed by atoms with Crippen LogP contribution in [-0.2, 0) is 9.57 Å². The zero-order valence-corrected chi connectivity index (χ0v) is 6.78. The summed E-state index contributed by atoms with van der Waals surface area (Å²) in [6.07, 6.45) is -6.48. The van der Waals surface area contributed by atoms with Gasteiger partial charge in [-0.05, 0) is 0 Å². The van der Waals surface area contributed by atoms with Crippen LogP contribution in [0.5, 0.6) is 0 Å². The second-order valence-electron chi connectivity index (χ2n) is 2.83. The number of rotatable bonds is 2. The minimum atomic E-state index is -1.44. The molecule has 7 heteroatoms. The van der Waals surface area contributed by atoms with E-state index in [0.717, 1.165) is 0 Å². The van der Waals surface area contributed by atoms with E-state index in [-0.39, 0.29) is 0 Å². The fraction of sp³-hybridized carbons (Fsp3) is 1.00. The summed E-state index contributed by atoms with van der Waals surface area (Å²) in [5.74, 6) is 4.76. The summed E-state index contributed by atoms with van der Waals surface area (Å²) < 4.78 is 4.82. The van der Waals surface area contributed by atoms with Crippen molar-refractivity contribution >= 4 is 0 Å².